The van der Waals surface area contributed by atoms with Crippen LogP contribution < -0.4 is 0 Å². The van der Waals surface area contributed by atoms with Crippen molar-refractivity contribution in [2.24, 2.45) is 7.05 Å². The molecule has 0 bridgehead atoms. The number of fused-ring (bicyclic) bond motifs is 3. The van der Waals surface area contributed by atoms with Gasteiger partial charge in [-0.15, -0.1) is 11.3 Å². The number of aryl methyl sites for hydroxylation is 3. The summed E-state index contributed by atoms with van der Waals surface area (Å²) in [5.41, 5.74) is 5.51. The molecule has 128 valence electrons. The molecular weight excluding hydrogens is 330 g/mol. The second-order valence-corrected chi connectivity index (χ2v) is 7.17. The number of aromatic nitrogens is 3. The number of ether oxygens (including phenoxy) is 1. The lowest BCUT2D eigenvalue weighted by atomic mass is 10.2. The summed E-state index contributed by atoms with van der Waals surface area (Å²) in [4.78, 5) is 9.52. The van der Waals surface area contributed by atoms with Gasteiger partial charge in [-0.25, -0.2) is 9.97 Å². The summed E-state index contributed by atoms with van der Waals surface area (Å²) in [6, 6.07) is 12.4. The van der Waals surface area contributed by atoms with E-state index in [-0.39, 0.29) is 0 Å². The van der Waals surface area contributed by atoms with Gasteiger partial charge in [0.25, 0.3) is 0 Å². The minimum atomic E-state index is 0.669. The van der Waals surface area contributed by atoms with Crippen molar-refractivity contribution < 1.29 is 4.74 Å². The third kappa shape index (κ3) is 3.17. The van der Waals surface area contributed by atoms with Crippen LogP contribution in [0.5, 0.6) is 0 Å². The van der Waals surface area contributed by atoms with Crippen molar-refractivity contribution in [3.05, 3.63) is 58.9 Å². The summed E-state index contributed by atoms with van der Waals surface area (Å²) >= 11 is 1.73. The number of benzene rings is 1. The van der Waals surface area contributed by atoms with E-state index < -0.39 is 0 Å². The Labute approximate surface area is 151 Å². The smallest absolute Gasteiger partial charge is 0.111 e. The molecule has 25 heavy (non-hydrogen) atoms. The van der Waals surface area contributed by atoms with Crippen molar-refractivity contribution >= 4 is 32.6 Å². The number of hydrogen-bond acceptors (Lipinski definition) is 4. The number of imidazole rings is 1. The molecule has 0 amide bonds. The van der Waals surface area contributed by atoms with Crippen LogP contribution in [0.2, 0.25) is 0 Å². The van der Waals surface area contributed by atoms with Crippen LogP contribution in [0, 0.1) is 6.92 Å². The van der Waals surface area contributed by atoms with Gasteiger partial charge in [0, 0.05) is 20.1 Å². The fraction of sp³-hybridized carbons (Fsp3) is 0.300. The van der Waals surface area contributed by atoms with Crippen molar-refractivity contribution in [2.45, 2.75) is 26.4 Å². The van der Waals surface area contributed by atoms with Gasteiger partial charge >= 0.3 is 0 Å². The van der Waals surface area contributed by atoms with Crippen LogP contribution >= 0.6 is 11.3 Å². The molecule has 4 nitrogen and oxygen atoms in total. The Balaban J connectivity index is 1.45. The number of hydrogen-bond donors (Lipinski definition) is 0. The molecule has 0 saturated heterocycles. The van der Waals surface area contributed by atoms with Crippen molar-refractivity contribution in [3.8, 4) is 0 Å². The zero-order valence-electron chi connectivity index (χ0n) is 14.5. The highest BCUT2D eigenvalue weighted by Gasteiger charge is 2.15. The third-order valence-electron chi connectivity index (χ3n) is 4.48. The molecule has 0 N–H and O–H groups in total. The van der Waals surface area contributed by atoms with Gasteiger partial charge in [-0.1, -0.05) is 30.3 Å². The highest BCUT2D eigenvalue weighted by Crippen LogP contribution is 2.30. The summed E-state index contributed by atoms with van der Waals surface area (Å²) < 4.78 is 9.24. The van der Waals surface area contributed by atoms with Crippen LogP contribution in [0.4, 0.5) is 0 Å². The van der Waals surface area contributed by atoms with Gasteiger partial charge in [-0.2, -0.15) is 0 Å². The van der Waals surface area contributed by atoms with Crippen LogP contribution in [0.15, 0.2) is 41.8 Å². The molecule has 5 heteroatoms. The first-order chi connectivity index (χ1) is 12.2. The number of thiophene rings is 1. The SMILES string of the molecule is Cc1nc2ccsc2c2c1nc(CCCOCc1ccccc1)n2C. The molecule has 0 aliphatic rings. The minimum absolute atomic E-state index is 0.669. The van der Waals surface area contributed by atoms with E-state index in [9.17, 15) is 0 Å². The summed E-state index contributed by atoms with van der Waals surface area (Å²) in [5.74, 6) is 1.10. The van der Waals surface area contributed by atoms with E-state index in [0.29, 0.717) is 6.61 Å². The van der Waals surface area contributed by atoms with Gasteiger partial charge in [-0.05, 0) is 30.4 Å². The summed E-state index contributed by atoms with van der Waals surface area (Å²) in [6.07, 6.45) is 1.87. The largest absolute Gasteiger partial charge is 0.377 e. The normalized spacial score (nSPS) is 11.6. The Hall–Kier alpha value is -2.24. The Bertz CT molecular complexity index is 1000. The Kier molecular flexibility index (Phi) is 4.51. The standard InChI is InChI=1S/C20H21N3OS/c1-14-18-19(20-16(21-14)10-12-25-20)23(2)17(22-18)9-6-11-24-13-15-7-4-3-5-8-15/h3-5,7-8,10,12H,6,9,11,13H2,1-2H3. The van der Waals surface area contributed by atoms with E-state index in [1.807, 2.05) is 25.1 Å². The summed E-state index contributed by atoms with van der Waals surface area (Å²) in [6.45, 7) is 3.45. The average Bonchev–Trinajstić information content (AvgIpc) is 3.21. The molecule has 3 heterocycles. The van der Waals surface area contributed by atoms with Crippen LogP contribution in [0.25, 0.3) is 21.3 Å². The van der Waals surface area contributed by atoms with Gasteiger partial charge in [0.05, 0.1) is 28.0 Å². The lowest BCUT2D eigenvalue weighted by molar-refractivity contribution is 0.118. The van der Waals surface area contributed by atoms with E-state index in [4.69, 9.17) is 9.72 Å². The maximum absolute atomic E-state index is 5.79. The third-order valence-corrected chi connectivity index (χ3v) is 5.39. The van der Waals surface area contributed by atoms with Crippen molar-refractivity contribution in [1.82, 2.24) is 14.5 Å². The van der Waals surface area contributed by atoms with Crippen molar-refractivity contribution in [1.29, 1.82) is 0 Å². The molecule has 4 rings (SSSR count). The molecule has 4 aromatic rings. The van der Waals surface area contributed by atoms with Crippen molar-refractivity contribution in [2.75, 3.05) is 6.61 Å². The van der Waals surface area contributed by atoms with Crippen LogP contribution in [-0.2, 0) is 24.8 Å². The number of nitrogens with zero attached hydrogens (tertiary/aromatic N) is 3. The molecule has 0 saturated carbocycles. The highest BCUT2D eigenvalue weighted by atomic mass is 32.1. The highest BCUT2D eigenvalue weighted by molar-refractivity contribution is 7.18. The molecule has 0 unspecified atom stereocenters. The van der Waals surface area contributed by atoms with Gasteiger partial charge in [0.15, 0.2) is 0 Å². The molecule has 0 atom stereocenters. The summed E-state index contributed by atoms with van der Waals surface area (Å²) in [5, 5.41) is 2.10. The monoisotopic (exact) mass is 351 g/mol. The maximum Gasteiger partial charge on any atom is 0.111 e. The predicted octanol–water partition coefficient (Wildman–Crippen LogP) is 4.64. The topological polar surface area (TPSA) is 39.9 Å². The molecule has 0 aliphatic carbocycles. The lowest BCUT2D eigenvalue weighted by Gasteiger charge is -2.05. The molecule has 3 aromatic heterocycles. The van der Waals surface area contributed by atoms with E-state index in [1.165, 1.54) is 15.8 Å². The molecule has 1 aromatic carbocycles. The first-order valence-electron chi connectivity index (χ1n) is 8.55. The maximum atomic E-state index is 5.79. The zero-order chi connectivity index (χ0) is 17.2. The molecule has 0 aliphatic heterocycles. The Morgan fingerprint density at radius 1 is 1.12 bits per heavy atom. The predicted molar refractivity (Wildman–Crippen MR) is 103 cm³/mol. The van der Waals surface area contributed by atoms with Gasteiger partial charge < -0.3 is 9.30 Å². The van der Waals surface area contributed by atoms with Gasteiger partial charge in [-0.3, -0.25) is 0 Å². The summed E-state index contributed by atoms with van der Waals surface area (Å²) in [7, 11) is 2.11. The first-order valence-corrected chi connectivity index (χ1v) is 9.43. The zero-order valence-corrected chi connectivity index (χ0v) is 15.3. The average molecular weight is 351 g/mol. The Morgan fingerprint density at radius 2 is 1.96 bits per heavy atom. The van der Waals surface area contributed by atoms with Crippen molar-refractivity contribution in [3.63, 3.8) is 0 Å². The minimum Gasteiger partial charge on any atom is -0.377 e. The fourth-order valence-electron chi connectivity index (χ4n) is 3.18. The Morgan fingerprint density at radius 3 is 2.80 bits per heavy atom. The lowest BCUT2D eigenvalue weighted by Crippen LogP contribution is -2.02. The van der Waals surface area contributed by atoms with Gasteiger partial charge in [0.1, 0.15) is 11.3 Å². The van der Waals surface area contributed by atoms with E-state index in [2.05, 4.69) is 40.2 Å². The van der Waals surface area contributed by atoms with E-state index >= 15 is 0 Å². The molecular formula is C20H21N3OS. The molecule has 0 radical (unpaired) electrons. The fourth-order valence-corrected chi connectivity index (χ4v) is 4.09. The molecule has 0 fully saturated rings. The first kappa shape index (κ1) is 16.2. The van der Waals surface area contributed by atoms with E-state index in [0.717, 1.165) is 42.0 Å². The van der Waals surface area contributed by atoms with Crippen LogP contribution in [0.3, 0.4) is 0 Å². The van der Waals surface area contributed by atoms with Crippen LogP contribution in [0.1, 0.15) is 23.5 Å². The second kappa shape index (κ2) is 6.94. The van der Waals surface area contributed by atoms with Crippen LogP contribution in [-0.4, -0.2) is 21.1 Å². The second-order valence-electron chi connectivity index (χ2n) is 6.26. The number of pyridine rings is 1. The van der Waals surface area contributed by atoms with Gasteiger partial charge in [0.2, 0.25) is 0 Å². The quantitative estimate of drug-likeness (QED) is 0.475. The number of rotatable bonds is 6. The molecule has 0 spiro atoms. The van der Waals surface area contributed by atoms with E-state index in [1.54, 1.807) is 11.3 Å².